The van der Waals surface area contributed by atoms with E-state index in [9.17, 15) is 0 Å². The van der Waals surface area contributed by atoms with Gasteiger partial charge in [0.05, 0.1) is 6.61 Å². The lowest BCUT2D eigenvalue weighted by molar-refractivity contribution is 0.0630. The summed E-state index contributed by atoms with van der Waals surface area (Å²) in [5.74, 6) is 1.57. The first-order valence-corrected chi connectivity index (χ1v) is 8.44. The average molecular weight is 282 g/mol. The average Bonchev–Trinajstić information content (AvgIpc) is 3.23. The highest BCUT2D eigenvalue weighted by molar-refractivity contribution is 4.94. The normalized spacial score (nSPS) is 31.5. The molecule has 3 unspecified atom stereocenters. The number of hydrogen-bond donors (Lipinski definition) is 1. The van der Waals surface area contributed by atoms with Crippen LogP contribution in [0.1, 0.15) is 52.9 Å². The van der Waals surface area contributed by atoms with Crippen LogP contribution in [-0.2, 0) is 4.74 Å². The number of methoxy groups -OCH3 is 1. The molecule has 0 amide bonds. The molecule has 2 fully saturated rings. The van der Waals surface area contributed by atoms with Crippen molar-refractivity contribution in [3.8, 4) is 0 Å². The van der Waals surface area contributed by atoms with Crippen molar-refractivity contribution in [3.63, 3.8) is 0 Å². The monoisotopic (exact) mass is 282 g/mol. The van der Waals surface area contributed by atoms with Gasteiger partial charge in [0.15, 0.2) is 0 Å². The molecule has 0 spiro atoms. The first-order chi connectivity index (χ1) is 9.45. The summed E-state index contributed by atoms with van der Waals surface area (Å²) in [4.78, 5) is 2.65. The van der Waals surface area contributed by atoms with Gasteiger partial charge in [-0.2, -0.15) is 0 Å². The molecule has 2 N–H and O–H groups in total. The first-order valence-electron chi connectivity index (χ1n) is 8.44. The molecule has 20 heavy (non-hydrogen) atoms. The zero-order valence-electron chi connectivity index (χ0n) is 13.9. The molecule has 2 aliphatic rings. The Morgan fingerprint density at radius 3 is 2.60 bits per heavy atom. The van der Waals surface area contributed by atoms with Crippen molar-refractivity contribution in [2.75, 3.05) is 26.8 Å². The van der Waals surface area contributed by atoms with Crippen molar-refractivity contribution in [2.45, 2.75) is 65.0 Å². The van der Waals surface area contributed by atoms with E-state index in [2.05, 4.69) is 25.7 Å². The maximum atomic E-state index is 6.57. The Kier molecular flexibility index (Phi) is 5.49. The van der Waals surface area contributed by atoms with Crippen molar-refractivity contribution in [2.24, 2.45) is 23.0 Å². The van der Waals surface area contributed by atoms with E-state index < -0.39 is 0 Å². The Bertz CT molecular complexity index is 301. The molecule has 3 heteroatoms. The Balaban J connectivity index is 1.95. The highest BCUT2D eigenvalue weighted by Gasteiger charge is 2.39. The summed E-state index contributed by atoms with van der Waals surface area (Å²) < 4.78 is 5.31. The van der Waals surface area contributed by atoms with Crippen LogP contribution < -0.4 is 5.73 Å². The topological polar surface area (TPSA) is 38.5 Å². The second-order valence-corrected chi connectivity index (χ2v) is 7.73. The van der Waals surface area contributed by atoms with Gasteiger partial charge in [0, 0.05) is 32.3 Å². The first kappa shape index (κ1) is 16.3. The summed E-state index contributed by atoms with van der Waals surface area (Å²) in [6.45, 7) is 10.1. The summed E-state index contributed by atoms with van der Waals surface area (Å²) in [6.07, 6.45) is 6.73. The third-order valence-corrected chi connectivity index (χ3v) is 5.74. The van der Waals surface area contributed by atoms with Crippen molar-refractivity contribution in [1.29, 1.82) is 0 Å². The van der Waals surface area contributed by atoms with E-state index in [0.29, 0.717) is 23.4 Å². The van der Waals surface area contributed by atoms with Crippen molar-refractivity contribution in [1.82, 2.24) is 4.90 Å². The van der Waals surface area contributed by atoms with E-state index in [1.54, 1.807) is 7.11 Å². The van der Waals surface area contributed by atoms with E-state index in [-0.39, 0.29) is 0 Å². The molecule has 0 radical (unpaired) electrons. The van der Waals surface area contributed by atoms with Gasteiger partial charge in [-0.05, 0) is 49.9 Å². The predicted octanol–water partition coefficient (Wildman–Crippen LogP) is 2.89. The Morgan fingerprint density at radius 1 is 1.30 bits per heavy atom. The number of ether oxygens (including phenoxy) is 1. The zero-order chi connectivity index (χ0) is 14.8. The lowest BCUT2D eigenvalue weighted by Gasteiger charge is -2.44. The van der Waals surface area contributed by atoms with Gasteiger partial charge >= 0.3 is 0 Å². The van der Waals surface area contributed by atoms with Gasteiger partial charge in [0.1, 0.15) is 0 Å². The van der Waals surface area contributed by atoms with Gasteiger partial charge in [-0.3, -0.25) is 4.90 Å². The van der Waals surface area contributed by atoms with Crippen LogP contribution in [0.4, 0.5) is 0 Å². The minimum Gasteiger partial charge on any atom is -0.383 e. The summed E-state index contributed by atoms with van der Waals surface area (Å²) in [5.41, 5.74) is 6.87. The minimum absolute atomic E-state index is 0.304. The van der Waals surface area contributed by atoms with Crippen LogP contribution in [0.5, 0.6) is 0 Å². The quantitative estimate of drug-likeness (QED) is 0.780. The number of nitrogens with two attached hydrogens (primary N) is 1. The maximum Gasteiger partial charge on any atom is 0.0589 e. The van der Waals surface area contributed by atoms with Crippen molar-refractivity contribution >= 4 is 0 Å². The second-order valence-electron chi connectivity index (χ2n) is 7.73. The van der Waals surface area contributed by atoms with E-state index >= 15 is 0 Å². The van der Waals surface area contributed by atoms with E-state index in [4.69, 9.17) is 10.5 Å². The fourth-order valence-corrected chi connectivity index (χ4v) is 3.86. The fraction of sp³-hybridized carbons (Fsp3) is 1.00. The van der Waals surface area contributed by atoms with Gasteiger partial charge in [-0.25, -0.2) is 0 Å². The SMILES string of the molecule is COCCN(CC1CCCC(C)(C)C1N)C(C)C1CC1. The molecule has 0 aromatic heterocycles. The second kappa shape index (κ2) is 6.76. The molecule has 0 saturated heterocycles. The van der Waals surface area contributed by atoms with Gasteiger partial charge in [0.25, 0.3) is 0 Å². The van der Waals surface area contributed by atoms with Crippen LogP contribution >= 0.6 is 0 Å². The Labute approximate surface area is 125 Å². The number of hydrogen-bond acceptors (Lipinski definition) is 3. The predicted molar refractivity (Wildman–Crippen MR) is 84.7 cm³/mol. The largest absolute Gasteiger partial charge is 0.383 e. The van der Waals surface area contributed by atoms with Crippen LogP contribution in [0.25, 0.3) is 0 Å². The molecule has 0 bridgehead atoms. The summed E-state index contributed by atoms with van der Waals surface area (Å²) in [6, 6.07) is 1.04. The van der Waals surface area contributed by atoms with Gasteiger partial charge < -0.3 is 10.5 Å². The Morgan fingerprint density at radius 2 is 2.00 bits per heavy atom. The third-order valence-electron chi connectivity index (χ3n) is 5.74. The minimum atomic E-state index is 0.304. The molecular weight excluding hydrogens is 248 g/mol. The standard InChI is InChI=1S/C17H34N2O/c1-13(14-7-8-14)19(10-11-20-4)12-15-6-5-9-17(2,3)16(15)18/h13-16H,5-12,18H2,1-4H3. The molecule has 118 valence electrons. The van der Waals surface area contributed by atoms with E-state index in [0.717, 1.165) is 25.6 Å². The Hall–Kier alpha value is -0.120. The highest BCUT2D eigenvalue weighted by Crippen LogP contribution is 2.40. The lowest BCUT2D eigenvalue weighted by atomic mass is 9.68. The fourth-order valence-electron chi connectivity index (χ4n) is 3.86. The lowest BCUT2D eigenvalue weighted by Crippen LogP contribution is -2.52. The molecule has 3 nitrogen and oxygen atoms in total. The van der Waals surface area contributed by atoms with E-state index in [1.165, 1.54) is 32.1 Å². The van der Waals surface area contributed by atoms with Crippen molar-refractivity contribution < 1.29 is 4.74 Å². The van der Waals surface area contributed by atoms with Crippen LogP contribution in [0.15, 0.2) is 0 Å². The van der Waals surface area contributed by atoms with Gasteiger partial charge in [-0.1, -0.05) is 20.3 Å². The van der Waals surface area contributed by atoms with Gasteiger partial charge in [-0.15, -0.1) is 0 Å². The molecule has 3 atom stereocenters. The molecule has 0 heterocycles. The molecule has 2 saturated carbocycles. The molecule has 0 aromatic rings. The van der Waals surface area contributed by atoms with Crippen LogP contribution in [0, 0.1) is 17.3 Å². The van der Waals surface area contributed by atoms with E-state index in [1.807, 2.05) is 0 Å². The summed E-state index contributed by atoms with van der Waals surface area (Å²) in [7, 11) is 1.80. The molecule has 0 aromatic carbocycles. The zero-order valence-corrected chi connectivity index (χ0v) is 13.9. The van der Waals surface area contributed by atoms with Crippen molar-refractivity contribution in [3.05, 3.63) is 0 Å². The summed E-state index contributed by atoms with van der Waals surface area (Å²) >= 11 is 0. The van der Waals surface area contributed by atoms with Gasteiger partial charge in [0.2, 0.25) is 0 Å². The maximum absolute atomic E-state index is 6.57. The molecular formula is C17H34N2O. The molecule has 2 rings (SSSR count). The van der Waals surface area contributed by atoms with Crippen LogP contribution in [0.3, 0.4) is 0 Å². The smallest absolute Gasteiger partial charge is 0.0589 e. The third kappa shape index (κ3) is 3.96. The van der Waals surface area contributed by atoms with Crippen LogP contribution in [0.2, 0.25) is 0 Å². The highest BCUT2D eigenvalue weighted by atomic mass is 16.5. The number of rotatable bonds is 7. The molecule has 0 aliphatic heterocycles. The number of nitrogens with zero attached hydrogens (tertiary/aromatic N) is 1. The van der Waals surface area contributed by atoms with Crippen LogP contribution in [-0.4, -0.2) is 43.8 Å². The molecule has 2 aliphatic carbocycles. The summed E-state index contributed by atoms with van der Waals surface area (Å²) in [5, 5.41) is 0.